The average molecular weight is 322 g/mol. The summed E-state index contributed by atoms with van der Waals surface area (Å²) in [5.41, 5.74) is -2.92. The maximum Gasteiger partial charge on any atom is 0.336 e. The van der Waals surface area contributed by atoms with Gasteiger partial charge in [0.05, 0.1) is 12.8 Å². The summed E-state index contributed by atoms with van der Waals surface area (Å²) in [6.07, 6.45) is -1.65. The van der Waals surface area contributed by atoms with Crippen molar-refractivity contribution < 1.29 is 54.6 Å². The molecule has 0 unspecified atom stereocenters. The summed E-state index contributed by atoms with van der Waals surface area (Å²) in [4.78, 5) is 50.2. The van der Waals surface area contributed by atoms with Crippen molar-refractivity contribution in [1.82, 2.24) is 0 Å². The molecule has 0 heterocycles. The molecule has 0 aromatic rings. The first-order valence-electron chi connectivity index (χ1n) is 5.35. The van der Waals surface area contributed by atoms with E-state index < -0.39 is 48.3 Å². The van der Waals surface area contributed by atoms with Gasteiger partial charge in [0.2, 0.25) is 0 Å². The molecular formula is C11H14O11. The van der Waals surface area contributed by atoms with Crippen molar-refractivity contribution >= 4 is 29.8 Å². The van der Waals surface area contributed by atoms with Crippen molar-refractivity contribution in [2.24, 2.45) is 0 Å². The van der Waals surface area contributed by atoms with Crippen LogP contribution in [-0.4, -0.2) is 66.1 Å². The topological polar surface area (TPSA) is 207 Å². The van der Waals surface area contributed by atoms with E-state index in [9.17, 15) is 24.0 Å². The molecule has 0 saturated heterocycles. The minimum absolute atomic E-state index is 0.178. The molecule has 0 spiro atoms. The first-order valence-corrected chi connectivity index (χ1v) is 5.35. The summed E-state index contributed by atoms with van der Waals surface area (Å²) in [5, 5.41) is 49.9. The maximum atomic E-state index is 10.3. The summed E-state index contributed by atoms with van der Waals surface area (Å²) in [7, 11) is 0. The standard InChI is InChI=1S/C6H8O7.C5H6O4/c7-3(8)1-6(13,5(11)12)2-4(9)10;1-3(5(8)9)2-4(6)7/h13H,1-2H2,(H,7,8)(H,9,10)(H,11,12);2H,1H3,(H,6,7)(H,8,9)/b;3-2-. The lowest BCUT2D eigenvalue weighted by Crippen LogP contribution is -2.42. The van der Waals surface area contributed by atoms with Crippen molar-refractivity contribution in [3.8, 4) is 0 Å². The van der Waals surface area contributed by atoms with Crippen molar-refractivity contribution in [3.05, 3.63) is 11.6 Å². The van der Waals surface area contributed by atoms with Gasteiger partial charge in [-0.2, -0.15) is 0 Å². The van der Waals surface area contributed by atoms with E-state index >= 15 is 0 Å². The molecule has 0 saturated carbocycles. The molecule has 0 aliphatic carbocycles. The first-order chi connectivity index (χ1) is 9.81. The fourth-order valence-corrected chi connectivity index (χ4v) is 0.961. The summed E-state index contributed by atoms with van der Waals surface area (Å²) in [6, 6.07) is 0. The van der Waals surface area contributed by atoms with Crippen LogP contribution in [0.2, 0.25) is 0 Å². The molecule has 0 aromatic carbocycles. The van der Waals surface area contributed by atoms with Gasteiger partial charge in [-0.1, -0.05) is 0 Å². The zero-order chi connectivity index (χ0) is 18.1. The second-order valence-corrected chi connectivity index (χ2v) is 3.95. The number of hydrogen-bond donors (Lipinski definition) is 6. The van der Waals surface area contributed by atoms with Crippen LogP contribution >= 0.6 is 0 Å². The van der Waals surface area contributed by atoms with Gasteiger partial charge in [0.15, 0.2) is 5.60 Å². The minimum Gasteiger partial charge on any atom is -0.481 e. The Morgan fingerprint density at radius 2 is 1.23 bits per heavy atom. The van der Waals surface area contributed by atoms with E-state index in [0.29, 0.717) is 6.08 Å². The first kappa shape index (κ1) is 21.4. The molecule has 0 bridgehead atoms. The molecule has 0 aliphatic rings. The Bertz CT molecular complexity index is 486. The fraction of sp³-hybridized carbons (Fsp3) is 0.364. The molecule has 0 fully saturated rings. The van der Waals surface area contributed by atoms with Crippen LogP contribution in [0.5, 0.6) is 0 Å². The number of hydrogen-bond acceptors (Lipinski definition) is 6. The summed E-state index contributed by atoms with van der Waals surface area (Å²) in [5.74, 6) is -7.47. The van der Waals surface area contributed by atoms with Gasteiger partial charge in [-0.25, -0.2) is 14.4 Å². The molecular weight excluding hydrogens is 308 g/mol. The van der Waals surface area contributed by atoms with Gasteiger partial charge in [-0.05, 0) is 6.92 Å². The Labute approximate surface area is 122 Å². The highest BCUT2D eigenvalue weighted by atomic mass is 16.4. The molecule has 0 atom stereocenters. The molecule has 11 heteroatoms. The van der Waals surface area contributed by atoms with E-state index in [1.165, 1.54) is 6.92 Å². The summed E-state index contributed by atoms with van der Waals surface area (Å²) >= 11 is 0. The highest BCUT2D eigenvalue weighted by Gasteiger charge is 2.40. The Kier molecular flexibility index (Phi) is 8.80. The molecule has 11 nitrogen and oxygen atoms in total. The Hall–Kier alpha value is -2.95. The quantitative estimate of drug-likeness (QED) is 0.308. The Morgan fingerprint density at radius 1 is 0.864 bits per heavy atom. The van der Waals surface area contributed by atoms with Gasteiger partial charge in [-0.15, -0.1) is 0 Å². The lowest BCUT2D eigenvalue weighted by molar-refractivity contribution is -0.170. The monoisotopic (exact) mass is 322 g/mol. The van der Waals surface area contributed by atoms with Crippen molar-refractivity contribution in [2.75, 3.05) is 0 Å². The third kappa shape index (κ3) is 9.91. The van der Waals surface area contributed by atoms with Crippen LogP contribution in [0.3, 0.4) is 0 Å². The van der Waals surface area contributed by atoms with Crippen LogP contribution in [0, 0.1) is 0 Å². The SMILES string of the molecule is C/C(=C/C(=O)O)C(=O)O.O=C(O)CC(O)(CC(=O)O)C(=O)O. The smallest absolute Gasteiger partial charge is 0.336 e. The van der Waals surface area contributed by atoms with Gasteiger partial charge < -0.3 is 30.6 Å². The highest BCUT2D eigenvalue weighted by Crippen LogP contribution is 2.15. The van der Waals surface area contributed by atoms with Crippen LogP contribution in [0.15, 0.2) is 11.6 Å². The van der Waals surface area contributed by atoms with Crippen LogP contribution in [-0.2, 0) is 24.0 Å². The van der Waals surface area contributed by atoms with E-state index in [-0.39, 0.29) is 5.57 Å². The lowest BCUT2D eigenvalue weighted by atomic mass is 9.96. The minimum atomic E-state index is -2.74. The van der Waals surface area contributed by atoms with Gasteiger partial charge in [0.1, 0.15) is 0 Å². The molecule has 0 rings (SSSR count). The van der Waals surface area contributed by atoms with Crippen molar-refractivity contribution in [2.45, 2.75) is 25.4 Å². The lowest BCUT2D eigenvalue weighted by Gasteiger charge is -2.18. The van der Waals surface area contributed by atoms with E-state index in [2.05, 4.69) is 0 Å². The third-order valence-electron chi connectivity index (χ3n) is 1.96. The fourth-order valence-electron chi connectivity index (χ4n) is 0.961. The van der Waals surface area contributed by atoms with Crippen molar-refractivity contribution in [1.29, 1.82) is 0 Å². The van der Waals surface area contributed by atoms with Gasteiger partial charge >= 0.3 is 29.8 Å². The zero-order valence-electron chi connectivity index (χ0n) is 11.2. The van der Waals surface area contributed by atoms with E-state index in [1.54, 1.807) is 0 Å². The molecule has 0 aromatic heterocycles. The van der Waals surface area contributed by atoms with Gasteiger partial charge in [0, 0.05) is 11.6 Å². The number of rotatable bonds is 7. The number of carbonyl (C=O) groups is 5. The predicted molar refractivity (Wildman–Crippen MR) is 66.1 cm³/mol. The number of aliphatic carboxylic acids is 5. The van der Waals surface area contributed by atoms with Gasteiger partial charge in [0.25, 0.3) is 0 Å². The third-order valence-corrected chi connectivity index (χ3v) is 1.96. The molecule has 6 N–H and O–H groups in total. The molecule has 124 valence electrons. The number of aliphatic hydroxyl groups is 1. The van der Waals surface area contributed by atoms with E-state index in [0.717, 1.165) is 0 Å². The zero-order valence-corrected chi connectivity index (χ0v) is 11.2. The molecule has 22 heavy (non-hydrogen) atoms. The van der Waals surface area contributed by atoms with Crippen LogP contribution < -0.4 is 0 Å². The van der Waals surface area contributed by atoms with Crippen molar-refractivity contribution in [3.63, 3.8) is 0 Å². The number of carboxylic acid groups (broad SMARTS) is 5. The average Bonchev–Trinajstić information content (AvgIpc) is 2.25. The predicted octanol–water partition coefficient (Wildman–Crippen LogP) is -1.15. The Morgan fingerprint density at radius 3 is 1.36 bits per heavy atom. The second-order valence-electron chi connectivity index (χ2n) is 3.95. The summed E-state index contributed by atoms with van der Waals surface area (Å²) in [6.45, 7) is 1.22. The van der Waals surface area contributed by atoms with E-state index in [1.807, 2.05) is 0 Å². The largest absolute Gasteiger partial charge is 0.481 e. The van der Waals surface area contributed by atoms with E-state index in [4.69, 9.17) is 30.6 Å². The second kappa shape index (κ2) is 9.07. The molecule has 0 amide bonds. The van der Waals surface area contributed by atoms with Crippen LogP contribution in [0.4, 0.5) is 0 Å². The summed E-state index contributed by atoms with van der Waals surface area (Å²) < 4.78 is 0. The maximum absolute atomic E-state index is 10.3. The van der Waals surface area contributed by atoms with Gasteiger partial charge in [-0.3, -0.25) is 9.59 Å². The normalized spacial score (nSPS) is 10.9. The number of carboxylic acids is 5. The molecule has 0 aliphatic heterocycles. The highest BCUT2D eigenvalue weighted by molar-refractivity contribution is 5.94. The van der Waals surface area contributed by atoms with Crippen LogP contribution in [0.1, 0.15) is 19.8 Å². The molecule has 0 radical (unpaired) electrons. The van der Waals surface area contributed by atoms with Crippen LogP contribution in [0.25, 0.3) is 0 Å². The Balaban J connectivity index is 0.